The van der Waals surface area contributed by atoms with Gasteiger partial charge in [0.05, 0.1) is 25.5 Å². The van der Waals surface area contributed by atoms with E-state index >= 15 is 0 Å². The first-order chi connectivity index (χ1) is 14.1. The Morgan fingerprint density at radius 1 is 0.862 bits per heavy atom. The number of aryl methyl sites for hydroxylation is 1. The van der Waals surface area contributed by atoms with Gasteiger partial charge in [0.15, 0.2) is 23.0 Å². The van der Waals surface area contributed by atoms with Crippen LogP contribution in [0, 0.1) is 6.92 Å². The number of benzene rings is 2. The number of rotatable bonds is 9. The molecule has 0 N–H and O–H groups in total. The predicted octanol–water partition coefficient (Wildman–Crippen LogP) is 4.78. The Morgan fingerprint density at radius 3 is 2.00 bits per heavy atom. The first-order valence-corrected chi connectivity index (χ1v) is 10.1. The zero-order chi connectivity index (χ0) is 20.8. The maximum absolute atomic E-state index is 5.88. The molecule has 0 atom stereocenters. The number of nitrogens with zero attached hydrogens (tertiary/aromatic N) is 1. The summed E-state index contributed by atoms with van der Waals surface area (Å²) in [6.45, 7) is 12.4. The zero-order valence-corrected chi connectivity index (χ0v) is 17.8. The van der Waals surface area contributed by atoms with Crippen LogP contribution in [0.4, 0.5) is 0 Å². The van der Waals surface area contributed by atoms with Gasteiger partial charge in [-0.25, -0.2) is 0 Å². The van der Waals surface area contributed by atoms with Crippen molar-refractivity contribution in [2.24, 2.45) is 4.99 Å². The van der Waals surface area contributed by atoms with Crippen LogP contribution in [0.15, 0.2) is 29.3 Å². The lowest BCUT2D eigenvalue weighted by molar-refractivity contribution is 0.174. The lowest BCUT2D eigenvalue weighted by Gasteiger charge is -2.19. The lowest BCUT2D eigenvalue weighted by Crippen LogP contribution is -2.10. The van der Waals surface area contributed by atoms with Gasteiger partial charge in [0, 0.05) is 17.7 Å². The Bertz CT molecular complexity index is 864. The van der Waals surface area contributed by atoms with E-state index in [1.807, 2.05) is 58.9 Å². The zero-order valence-electron chi connectivity index (χ0n) is 17.8. The average Bonchev–Trinajstić information content (AvgIpc) is 3.15. The van der Waals surface area contributed by atoms with E-state index in [2.05, 4.69) is 0 Å². The first kappa shape index (κ1) is 20.8. The highest BCUT2D eigenvalue weighted by molar-refractivity contribution is 6.14. The molecular weight excluding hydrogens is 370 g/mol. The van der Waals surface area contributed by atoms with Crippen LogP contribution in [0.25, 0.3) is 0 Å². The van der Waals surface area contributed by atoms with Gasteiger partial charge in [-0.2, -0.15) is 0 Å². The summed E-state index contributed by atoms with van der Waals surface area (Å²) in [4.78, 5) is 4.80. The van der Waals surface area contributed by atoms with Gasteiger partial charge < -0.3 is 23.7 Å². The van der Waals surface area contributed by atoms with Crippen molar-refractivity contribution in [1.82, 2.24) is 0 Å². The van der Waals surface area contributed by atoms with Crippen molar-refractivity contribution >= 4 is 5.71 Å². The number of ether oxygens (including phenoxy) is 5. The highest BCUT2D eigenvalue weighted by atomic mass is 16.7. The molecule has 29 heavy (non-hydrogen) atoms. The van der Waals surface area contributed by atoms with Crippen molar-refractivity contribution in [2.45, 2.75) is 34.6 Å². The lowest BCUT2D eigenvalue weighted by atomic mass is 9.96. The summed E-state index contributed by atoms with van der Waals surface area (Å²) in [5.41, 5.74) is 3.81. The SMILES string of the molecule is CC/N=C(/c1cc(OCC)c(OCC)c(OCC)c1)c1cc2c(cc1C)OCO2. The standard InChI is InChI=1S/C23H29NO5/c1-6-24-22(17-13-19-18(10-15(17)5)28-14-29-19)16-11-20(25-7-2)23(27-9-4)21(12-16)26-8-3/h10-13H,6-9,14H2,1-5H3/b24-22-. The van der Waals surface area contributed by atoms with Crippen LogP contribution in [-0.2, 0) is 0 Å². The van der Waals surface area contributed by atoms with E-state index in [1.165, 1.54) is 0 Å². The smallest absolute Gasteiger partial charge is 0.231 e. The van der Waals surface area contributed by atoms with Crippen molar-refractivity contribution in [3.63, 3.8) is 0 Å². The van der Waals surface area contributed by atoms with Crippen LogP contribution in [0.1, 0.15) is 44.4 Å². The molecule has 0 saturated heterocycles. The second-order valence-electron chi connectivity index (χ2n) is 6.44. The second kappa shape index (κ2) is 9.54. The summed E-state index contributed by atoms with van der Waals surface area (Å²) in [6, 6.07) is 7.92. The summed E-state index contributed by atoms with van der Waals surface area (Å²) >= 11 is 0. The fourth-order valence-corrected chi connectivity index (χ4v) is 3.31. The van der Waals surface area contributed by atoms with E-state index in [0.717, 1.165) is 33.9 Å². The molecule has 156 valence electrons. The van der Waals surface area contributed by atoms with E-state index in [-0.39, 0.29) is 6.79 Å². The first-order valence-electron chi connectivity index (χ1n) is 10.1. The van der Waals surface area contributed by atoms with Crippen molar-refractivity contribution in [2.75, 3.05) is 33.2 Å². The molecule has 0 aliphatic carbocycles. The number of fused-ring (bicyclic) bond motifs is 1. The minimum atomic E-state index is 0.241. The van der Waals surface area contributed by atoms with E-state index in [9.17, 15) is 0 Å². The molecule has 2 aromatic rings. The molecule has 1 heterocycles. The fraction of sp³-hybridized carbons (Fsp3) is 0.435. The van der Waals surface area contributed by atoms with Crippen LogP contribution in [-0.4, -0.2) is 38.9 Å². The van der Waals surface area contributed by atoms with Gasteiger partial charge in [-0.15, -0.1) is 0 Å². The molecule has 0 unspecified atom stereocenters. The van der Waals surface area contributed by atoms with E-state index in [0.29, 0.717) is 43.6 Å². The Balaban J connectivity index is 2.16. The quantitative estimate of drug-likeness (QED) is 0.568. The molecule has 0 aromatic heterocycles. The maximum Gasteiger partial charge on any atom is 0.231 e. The molecule has 6 nitrogen and oxygen atoms in total. The highest BCUT2D eigenvalue weighted by Gasteiger charge is 2.22. The fourth-order valence-electron chi connectivity index (χ4n) is 3.31. The molecule has 1 aliphatic heterocycles. The number of aliphatic imine (C=N–C) groups is 1. The Kier molecular flexibility index (Phi) is 6.86. The topological polar surface area (TPSA) is 58.5 Å². The minimum absolute atomic E-state index is 0.241. The summed E-state index contributed by atoms with van der Waals surface area (Å²) in [6.07, 6.45) is 0. The summed E-state index contributed by atoms with van der Waals surface area (Å²) < 4.78 is 28.7. The van der Waals surface area contributed by atoms with Gasteiger partial charge in [-0.05, 0) is 64.4 Å². The van der Waals surface area contributed by atoms with E-state index in [1.54, 1.807) is 0 Å². The van der Waals surface area contributed by atoms with Crippen molar-refractivity contribution in [3.05, 3.63) is 41.0 Å². The van der Waals surface area contributed by atoms with Gasteiger partial charge in [-0.3, -0.25) is 4.99 Å². The second-order valence-corrected chi connectivity index (χ2v) is 6.44. The summed E-state index contributed by atoms with van der Waals surface area (Å²) in [7, 11) is 0. The third kappa shape index (κ3) is 4.42. The van der Waals surface area contributed by atoms with Crippen LogP contribution >= 0.6 is 0 Å². The number of hydrogen-bond donors (Lipinski definition) is 0. The monoisotopic (exact) mass is 399 g/mol. The molecule has 0 spiro atoms. The minimum Gasteiger partial charge on any atom is -0.490 e. The van der Waals surface area contributed by atoms with Crippen LogP contribution in [0.2, 0.25) is 0 Å². The van der Waals surface area contributed by atoms with E-state index in [4.69, 9.17) is 28.7 Å². The van der Waals surface area contributed by atoms with Crippen molar-refractivity contribution in [3.8, 4) is 28.7 Å². The molecule has 1 aliphatic rings. The van der Waals surface area contributed by atoms with Crippen LogP contribution < -0.4 is 23.7 Å². The number of hydrogen-bond acceptors (Lipinski definition) is 6. The van der Waals surface area contributed by atoms with Gasteiger partial charge >= 0.3 is 0 Å². The van der Waals surface area contributed by atoms with Gasteiger partial charge in [0.1, 0.15) is 0 Å². The molecule has 6 heteroatoms. The largest absolute Gasteiger partial charge is 0.490 e. The molecule has 0 amide bonds. The molecule has 0 bridgehead atoms. The van der Waals surface area contributed by atoms with Crippen molar-refractivity contribution < 1.29 is 23.7 Å². The van der Waals surface area contributed by atoms with Gasteiger partial charge in [0.25, 0.3) is 0 Å². The Labute approximate surface area is 172 Å². The molecular formula is C23H29NO5. The van der Waals surface area contributed by atoms with Gasteiger partial charge in [-0.1, -0.05) is 0 Å². The Hall–Kier alpha value is -2.89. The maximum atomic E-state index is 5.88. The van der Waals surface area contributed by atoms with Crippen molar-refractivity contribution in [1.29, 1.82) is 0 Å². The molecule has 0 radical (unpaired) electrons. The van der Waals surface area contributed by atoms with E-state index < -0.39 is 0 Å². The molecule has 2 aromatic carbocycles. The third-order valence-corrected chi connectivity index (χ3v) is 4.47. The average molecular weight is 399 g/mol. The normalized spacial score (nSPS) is 12.8. The molecule has 0 saturated carbocycles. The Morgan fingerprint density at radius 2 is 1.45 bits per heavy atom. The highest BCUT2D eigenvalue weighted by Crippen LogP contribution is 2.41. The van der Waals surface area contributed by atoms with Gasteiger partial charge in [0.2, 0.25) is 12.5 Å². The third-order valence-electron chi connectivity index (χ3n) is 4.47. The molecule has 3 rings (SSSR count). The van der Waals surface area contributed by atoms with Crippen LogP contribution in [0.5, 0.6) is 28.7 Å². The summed E-state index contributed by atoms with van der Waals surface area (Å²) in [5.74, 6) is 3.42. The van der Waals surface area contributed by atoms with Crippen LogP contribution in [0.3, 0.4) is 0 Å². The molecule has 0 fully saturated rings. The predicted molar refractivity (Wildman–Crippen MR) is 113 cm³/mol. The summed E-state index contributed by atoms with van der Waals surface area (Å²) in [5, 5.41) is 0.